The molecule has 4 nitrogen and oxygen atoms in total. The first-order valence-corrected chi connectivity index (χ1v) is 10.4. The van der Waals surface area contributed by atoms with E-state index in [1.807, 2.05) is 18.2 Å². The van der Waals surface area contributed by atoms with E-state index in [-0.39, 0.29) is 0 Å². The largest absolute Gasteiger partial charge is 0.455 e. The van der Waals surface area contributed by atoms with Crippen molar-refractivity contribution < 1.29 is 14.3 Å². The number of fused-ring (bicyclic) bond motifs is 1. The third kappa shape index (κ3) is 3.11. The van der Waals surface area contributed by atoms with Crippen molar-refractivity contribution in [3.8, 4) is 5.75 Å². The molecule has 5 heteroatoms. The molecule has 4 rings (SSSR count). The second kappa shape index (κ2) is 7.40. The van der Waals surface area contributed by atoms with Crippen LogP contribution in [0.2, 0.25) is 5.02 Å². The molecule has 0 aromatic heterocycles. The quantitative estimate of drug-likeness (QED) is 0.813. The predicted octanol–water partition coefficient (Wildman–Crippen LogP) is 4.92. The average molecular weight is 378 g/mol. The van der Waals surface area contributed by atoms with Gasteiger partial charge < -0.3 is 15.2 Å². The van der Waals surface area contributed by atoms with Crippen LogP contribution < -0.4 is 10.5 Å². The number of amides is 1. The lowest BCUT2D eigenvalue weighted by atomic mass is 9.63. The lowest BCUT2D eigenvalue weighted by Gasteiger charge is -2.52. The fraction of sp³-hybridized carbons (Fsp3) is 0.667. The van der Waals surface area contributed by atoms with Gasteiger partial charge in [0.1, 0.15) is 11.4 Å². The van der Waals surface area contributed by atoms with E-state index in [0.717, 1.165) is 31.2 Å². The molecule has 1 aromatic rings. The highest BCUT2D eigenvalue weighted by Gasteiger charge is 2.54. The Morgan fingerprint density at radius 2 is 1.58 bits per heavy atom. The van der Waals surface area contributed by atoms with Gasteiger partial charge in [-0.15, -0.1) is 0 Å². The van der Waals surface area contributed by atoms with Crippen LogP contribution in [-0.4, -0.2) is 12.2 Å². The number of halogens is 1. The van der Waals surface area contributed by atoms with Crippen molar-refractivity contribution in [2.45, 2.75) is 76.1 Å². The number of hydrogen-bond acceptors (Lipinski definition) is 3. The molecule has 2 saturated carbocycles. The highest BCUT2D eigenvalue weighted by Crippen LogP contribution is 2.56. The number of primary amides is 1. The van der Waals surface area contributed by atoms with Crippen molar-refractivity contribution >= 4 is 17.5 Å². The van der Waals surface area contributed by atoms with Gasteiger partial charge in [-0.25, -0.2) is 0 Å². The summed E-state index contributed by atoms with van der Waals surface area (Å²) in [5.74, 6) is 0.909. The van der Waals surface area contributed by atoms with Crippen molar-refractivity contribution in [1.82, 2.24) is 0 Å². The molecule has 0 saturated heterocycles. The van der Waals surface area contributed by atoms with E-state index in [0.29, 0.717) is 22.6 Å². The SMILES string of the molecule is NC(=O)C1Oc2ccc(Cl)cc2C(C2CCCCC2)(C2CCCCC2)O1. The Morgan fingerprint density at radius 3 is 2.12 bits per heavy atom. The zero-order valence-corrected chi connectivity index (χ0v) is 16.0. The minimum absolute atomic E-state index is 0.377. The van der Waals surface area contributed by atoms with E-state index in [4.69, 9.17) is 26.8 Å². The minimum Gasteiger partial charge on any atom is -0.455 e. The summed E-state index contributed by atoms with van der Waals surface area (Å²) in [7, 11) is 0. The zero-order chi connectivity index (χ0) is 18.1. The molecule has 1 atom stereocenters. The van der Waals surface area contributed by atoms with Gasteiger partial charge in [-0.1, -0.05) is 50.1 Å². The van der Waals surface area contributed by atoms with Gasteiger partial charge in [0.2, 0.25) is 0 Å². The number of rotatable bonds is 3. The van der Waals surface area contributed by atoms with Gasteiger partial charge in [0.25, 0.3) is 12.2 Å². The highest BCUT2D eigenvalue weighted by atomic mass is 35.5. The van der Waals surface area contributed by atoms with E-state index in [1.54, 1.807) is 0 Å². The van der Waals surface area contributed by atoms with E-state index < -0.39 is 17.8 Å². The van der Waals surface area contributed by atoms with Crippen molar-refractivity contribution in [3.05, 3.63) is 28.8 Å². The van der Waals surface area contributed by atoms with Gasteiger partial charge in [-0.3, -0.25) is 4.79 Å². The molecule has 0 spiro atoms. The molecule has 26 heavy (non-hydrogen) atoms. The van der Waals surface area contributed by atoms with Gasteiger partial charge in [-0.2, -0.15) is 0 Å². The number of carbonyl (C=O) groups excluding carboxylic acids is 1. The van der Waals surface area contributed by atoms with E-state index >= 15 is 0 Å². The maximum Gasteiger partial charge on any atom is 0.287 e. The fourth-order valence-electron chi connectivity index (χ4n) is 5.43. The Bertz CT molecular complexity index is 647. The van der Waals surface area contributed by atoms with Crippen molar-refractivity contribution in [3.63, 3.8) is 0 Å². The Hall–Kier alpha value is -1.26. The number of hydrogen-bond donors (Lipinski definition) is 1. The molecule has 1 unspecified atom stereocenters. The second-order valence-corrected chi connectivity index (χ2v) is 8.51. The Labute approximate surface area is 160 Å². The van der Waals surface area contributed by atoms with Gasteiger partial charge in [-0.05, 0) is 55.7 Å². The topological polar surface area (TPSA) is 61.6 Å². The molecule has 1 amide bonds. The van der Waals surface area contributed by atoms with Gasteiger partial charge in [0.15, 0.2) is 0 Å². The fourth-order valence-corrected chi connectivity index (χ4v) is 5.61. The molecule has 0 radical (unpaired) electrons. The maximum atomic E-state index is 12.0. The number of benzene rings is 1. The van der Waals surface area contributed by atoms with Crippen LogP contribution >= 0.6 is 11.6 Å². The number of ether oxygens (including phenoxy) is 2. The molecule has 2 aliphatic carbocycles. The number of carbonyl (C=O) groups is 1. The molecule has 2 N–H and O–H groups in total. The third-order valence-corrected chi connectivity index (χ3v) is 6.79. The first kappa shape index (κ1) is 18.1. The van der Waals surface area contributed by atoms with Crippen LogP contribution in [0.25, 0.3) is 0 Å². The van der Waals surface area contributed by atoms with Crippen molar-refractivity contribution in [2.24, 2.45) is 17.6 Å². The molecular weight excluding hydrogens is 350 g/mol. The van der Waals surface area contributed by atoms with Gasteiger partial charge in [0.05, 0.1) is 0 Å². The van der Waals surface area contributed by atoms with Crippen LogP contribution in [0, 0.1) is 11.8 Å². The minimum atomic E-state index is -1.02. The number of nitrogens with two attached hydrogens (primary N) is 1. The summed E-state index contributed by atoms with van der Waals surface area (Å²) in [5.41, 5.74) is 6.13. The van der Waals surface area contributed by atoms with E-state index in [2.05, 4.69) is 0 Å². The molecule has 1 aliphatic heterocycles. The molecule has 1 aromatic carbocycles. The lowest BCUT2D eigenvalue weighted by molar-refractivity contribution is -0.243. The molecule has 2 fully saturated rings. The summed E-state index contributed by atoms with van der Waals surface area (Å²) in [6, 6.07) is 5.68. The molecule has 0 bridgehead atoms. The second-order valence-electron chi connectivity index (χ2n) is 8.07. The van der Waals surface area contributed by atoms with E-state index in [1.165, 1.54) is 38.5 Å². The van der Waals surface area contributed by atoms with E-state index in [9.17, 15) is 4.79 Å². The van der Waals surface area contributed by atoms with Crippen LogP contribution in [0.3, 0.4) is 0 Å². The summed E-state index contributed by atoms with van der Waals surface area (Å²) in [5, 5.41) is 0.685. The van der Waals surface area contributed by atoms with Gasteiger partial charge >= 0.3 is 0 Å². The Balaban J connectivity index is 1.86. The predicted molar refractivity (Wildman–Crippen MR) is 101 cm³/mol. The lowest BCUT2D eigenvalue weighted by Crippen LogP contribution is -2.55. The van der Waals surface area contributed by atoms with Crippen LogP contribution in [0.4, 0.5) is 0 Å². The molecular formula is C21H28ClNO3. The highest BCUT2D eigenvalue weighted by molar-refractivity contribution is 6.30. The van der Waals surface area contributed by atoms with Gasteiger partial charge in [0, 0.05) is 10.6 Å². The normalized spacial score (nSPS) is 26.7. The molecule has 3 aliphatic rings. The smallest absolute Gasteiger partial charge is 0.287 e. The van der Waals surface area contributed by atoms with Crippen molar-refractivity contribution in [1.29, 1.82) is 0 Å². The summed E-state index contributed by atoms with van der Waals surface area (Å²) in [6.45, 7) is 0. The van der Waals surface area contributed by atoms with Crippen LogP contribution in [0.1, 0.15) is 69.8 Å². The first-order valence-electron chi connectivity index (χ1n) is 10.0. The summed E-state index contributed by atoms with van der Waals surface area (Å²) in [6.07, 6.45) is 10.8. The van der Waals surface area contributed by atoms with Crippen LogP contribution in [-0.2, 0) is 15.1 Å². The summed E-state index contributed by atoms with van der Waals surface area (Å²) in [4.78, 5) is 12.0. The first-order chi connectivity index (χ1) is 12.6. The molecule has 142 valence electrons. The Morgan fingerprint density at radius 1 is 1.00 bits per heavy atom. The molecule has 1 heterocycles. The third-order valence-electron chi connectivity index (χ3n) is 6.55. The zero-order valence-electron chi connectivity index (χ0n) is 15.2. The Kier molecular flexibility index (Phi) is 5.15. The van der Waals surface area contributed by atoms with Crippen LogP contribution in [0.5, 0.6) is 5.75 Å². The standard InChI is InChI=1S/C21H28ClNO3/c22-16-11-12-18-17(13-16)21(14-7-3-1-4-8-14,15-9-5-2-6-10-15)26-20(25-18)19(23)24/h11-15,20H,1-10H2,(H2,23,24). The monoisotopic (exact) mass is 377 g/mol. The maximum absolute atomic E-state index is 12.0. The van der Waals surface area contributed by atoms with Crippen LogP contribution in [0.15, 0.2) is 18.2 Å². The summed E-state index contributed by atoms with van der Waals surface area (Å²) < 4.78 is 12.4. The average Bonchev–Trinajstić information content (AvgIpc) is 2.68. The summed E-state index contributed by atoms with van der Waals surface area (Å²) >= 11 is 6.38. The van der Waals surface area contributed by atoms with Crippen molar-refractivity contribution in [2.75, 3.05) is 0 Å².